The molecule has 2 aliphatic rings. The summed E-state index contributed by atoms with van der Waals surface area (Å²) in [5.41, 5.74) is 5.30. The van der Waals surface area contributed by atoms with Gasteiger partial charge in [-0.25, -0.2) is 0 Å². The van der Waals surface area contributed by atoms with Crippen LogP contribution in [0.2, 0.25) is 5.02 Å². The standard InChI is InChI=1S/C32H29ClN4O2/c33-22-6-5-7-23(17-22)37-20-21(16-30(37)38)31(39)36-14-12-32(13-15-36,26-18-34-28-10-3-1-8-24(26)28)27-19-35-29-11-4-2-9-25(27)29/h1-11,17-19,21,34-35H,12-16,20H2/t21-/m0/s1. The van der Waals surface area contributed by atoms with Gasteiger partial charge in [0.15, 0.2) is 0 Å². The second-order valence-corrected chi connectivity index (χ2v) is 11.2. The Labute approximate surface area is 231 Å². The van der Waals surface area contributed by atoms with Crippen LogP contribution in [0.1, 0.15) is 30.4 Å². The van der Waals surface area contributed by atoms with Gasteiger partial charge in [0, 0.05) is 76.4 Å². The molecule has 4 heterocycles. The maximum atomic E-state index is 13.7. The molecule has 5 aromatic rings. The molecule has 3 aromatic carbocycles. The lowest BCUT2D eigenvalue weighted by Crippen LogP contribution is -2.47. The Morgan fingerprint density at radius 3 is 2.08 bits per heavy atom. The van der Waals surface area contributed by atoms with Crippen molar-refractivity contribution in [3.05, 3.63) is 101 Å². The number of piperidine rings is 1. The molecule has 39 heavy (non-hydrogen) atoms. The van der Waals surface area contributed by atoms with E-state index in [1.165, 1.54) is 21.9 Å². The number of amides is 2. The number of halogens is 1. The summed E-state index contributed by atoms with van der Waals surface area (Å²) in [6, 6.07) is 24.2. The second kappa shape index (κ2) is 9.31. The van der Waals surface area contributed by atoms with Crippen LogP contribution in [0.4, 0.5) is 5.69 Å². The third-order valence-corrected chi connectivity index (χ3v) is 8.97. The van der Waals surface area contributed by atoms with E-state index >= 15 is 0 Å². The maximum Gasteiger partial charge on any atom is 0.228 e. The zero-order valence-electron chi connectivity index (χ0n) is 21.5. The number of rotatable bonds is 4. The summed E-state index contributed by atoms with van der Waals surface area (Å²) in [5, 5.41) is 3.03. The van der Waals surface area contributed by atoms with Crippen molar-refractivity contribution in [1.29, 1.82) is 0 Å². The van der Waals surface area contributed by atoms with Crippen LogP contribution in [0.5, 0.6) is 0 Å². The largest absolute Gasteiger partial charge is 0.361 e. The van der Waals surface area contributed by atoms with Crippen LogP contribution in [-0.4, -0.2) is 46.3 Å². The van der Waals surface area contributed by atoms with Crippen LogP contribution in [-0.2, 0) is 15.0 Å². The Hall–Kier alpha value is -4.03. The van der Waals surface area contributed by atoms with Gasteiger partial charge < -0.3 is 19.8 Å². The van der Waals surface area contributed by atoms with E-state index in [1.807, 2.05) is 17.0 Å². The lowest BCUT2D eigenvalue weighted by Gasteiger charge is -2.43. The molecule has 2 aliphatic heterocycles. The molecule has 7 heteroatoms. The van der Waals surface area contributed by atoms with Crippen molar-refractivity contribution < 1.29 is 9.59 Å². The molecule has 7 rings (SSSR count). The van der Waals surface area contributed by atoms with E-state index in [1.54, 1.807) is 17.0 Å². The van der Waals surface area contributed by atoms with E-state index in [9.17, 15) is 9.59 Å². The number of likely N-dealkylation sites (tertiary alicyclic amines) is 1. The van der Waals surface area contributed by atoms with Crippen molar-refractivity contribution >= 4 is 50.9 Å². The van der Waals surface area contributed by atoms with E-state index < -0.39 is 0 Å². The molecule has 1 atom stereocenters. The molecular formula is C32H29ClN4O2. The van der Waals surface area contributed by atoms with Crippen molar-refractivity contribution in [3.8, 4) is 0 Å². The molecule has 2 fully saturated rings. The molecule has 196 valence electrons. The van der Waals surface area contributed by atoms with Gasteiger partial charge in [0.1, 0.15) is 0 Å². The third kappa shape index (κ3) is 3.93. The van der Waals surface area contributed by atoms with Crippen LogP contribution in [0.3, 0.4) is 0 Å². The van der Waals surface area contributed by atoms with Crippen molar-refractivity contribution in [2.45, 2.75) is 24.7 Å². The van der Waals surface area contributed by atoms with Crippen LogP contribution < -0.4 is 4.90 Å². The van der Waals surface area contributed by atoms with Crippen LogP contribution in [0.15, 0.2) is 85.2 Å². The van der Waals surface area contributed by atoms with E-state index in [-0.39, 0.29) is 29.6 Å². The minimum atomic E-state index is -0.342. The molecule has 6 nitrogen and oxygen atoms in total. The summed E-state index contributed by atoms with van der Waals surface area (Å²) in [6.07, 6.45) is 6.16. The van der Waals surface area contributed by atoms with Gasteiger partial charge in [0.05, 0.1) is 5.92 Å². The molecular weight excluding hydrogens is 508 g/mol. The zero-order chi connectivity index (χ0) is 26.6. The van der Waals surface area contributed by atoms with Gasteiger partial charge in [-0.1, -0.05) is 54.1 Å². The first-order valence-electron chi connectivity index (χ1n) is 13.5. The minimum absolute atomic E-state index is 0.0282. The Bertz CT molecular complexity index is 1640. The molecule has 2 saturated heterocycles. The molecule has 0 spiro atoms. The Kier molecular flexibility index (Phi) is 5.74. The summed E-state index contributed by atoms with van der Waals surface area (Å²) >= 11 is 6.16. The van der Waals surface area contributed by atoms with Gasteiger partial charge >= 0.3 is 0 Å². The van der Waals surface area contributed by atoms with Crippen molar-refractivity contribution in [1.82, 2.24) is 14.9 Å². The fourth-order valence-corrected chi connectivity index (χ4v) is 6.94. The van der Waals surface area contributed by atoms with Gasteiger partial charge in [0.2, 0.25) is 11.8 Å². The minimum Gasteiger partial charge on any atom is -0.361 e. The number of carbonyl (C=O) groups is 2. The fraction of sp³-hybridized carbons (Fsp3) is 0.250. The number of hydrogen-bond acceptors (Lipinski definition) is 2. The number of fused-ring (bicyclic) bond motifs is 2. The van der Waals surface area contributed by atoms with Crippen LogP contribution in [0, 0.1) is 5.92 Å². The molecule has 0 aliphatic carbocycles. The number of aromatic amines is 2. The van der Waals surface area contributed by atoms with Crippen molar-refractivity contribution in [2.24, 2.45) is 5.92 Å². The Morgan fingerprint density at radius 1 is 0.846 bits per heavy atom. The number of nitrogens with zero attached hydrogens (tertiary/aromatic N) is 2. The molecule has 2 N–H and O–H groups in total. The predicted octanol–water partition coefficient (Wildman–Crippen LogP) is 6.26. The average Bonchev–Trinajstić information content (AvgIpc) is 3.70. The quantitative estimate of drug-likeness (QED) is 0.284. The maximum absolute atomic E-state index is 13.7. The normalized spacial score (nSPS) is 19.3. The summed E-state index contributed by atoms with van der Waals surface area (Å²) in [7, 11) is 0. The first kappa shape index (κ1) is 24.0. The highest BCUT2D eigenvalue weighted by Crippen LogP contribution is 2.47. The number of nitrogens with one attached hydrogen (secondary N) is 2. The number of benzene rings is 3. The summed E-state index contributed by atoms with van der Waals surface area (Å²) in [6.45, 7) is 1.67. The third-order valence-electron chi connectivity index (χ3n) is 8.73. The fourth-order valence-electron chi connectivity index (χ4n) is 6.75. The second-order valence-electron chi connectivity index (χ2n) is 10.8. The number of hydrogen-bond donors (Lipinski definition) is 2. The van der Waals surface area contributed by atoms with Gasteiger partial charge in [-0.05, 0) is 54.3 Å². The molecule has 2 aromatic heterocycles. The van der Waals surface area contributed by atoms with Crippen molar-refractivity contribution in [3.63, 3.8) is 0 Å². The van der Waals surface area contributed by atoms with Gasteiger partial charge in [0.25, 0.3) is 0 Å². The highest BCUT2D eigenvalue weighted by molar-refractivity contribution is 6.31. The number of carbonyl (C=O) groups excluding carboxylic acids is 2. The predicted molar refractivity (Wildman–Crippen MR) is 155 cm³/mol. The zero-order valence-corrected chi connectivity index (χ0v) is 22.2. The lowest BCUT2D eigenvalue weighted by atomic mass is 9.67. The van der Waals surface area contributed by atoms with E-state index in [2.05, 4.69) is 70.9 Å². The van der Waals surface area contributed by atoms with Gasteiger partial charge in [-0.3, -0.25) is 9.59 Å². The highest BCUT2D eigenvalue weighted by atomic mass is 35.5. The van der Waals surface area contributed by atoms with Gasteiger partial charge in [-0.2, -0.15) is 0 Å². The SMILES string of the molecule is O=C([C@H]1CC(=O)N(c2cccc(Cl)c2)C1)N1CCC(c2c[nH]c3ccccc23)(c2c[nH]c3ccccc23)CC1. The Balaban J connectivity index is 1.18. The topological polar surface area (TPSA) is 72.2 Å². The molecule has 0 radical (unpaired) electrons. The number of para-hydroxylation sites is 2. The monoisotopic (exact) mass is 536 g/mol. The first-order valence-corrected chi connectivity index (χ1v) is 13.9. The van der Waals surface area contributed by atoms with E-state index in [0.717, 1.165) is 29.6 Å². The van der Waals surface area contributed by atoms with Gasteiger partial charge in [-0.15, -0.1) is 0 Å². The van der Waals surface area contributed by atoms with Crippen LogP contribution >= 0.6 is 11.6 Å². The number of H-pyrrole nitrogens is 2. The molecule has 0 unspecified atom stereocenters. The molecule has 2 amide bonds. The smallest absolute Gasteiger partial charge is 0.228 e. The highest BCUT2D eigenvalue weighted by Gasteiger charge is 2.44. The van der Waals surface area contributed by atoms with Crippen molar-refractivity contribution in [2.75, 3.05) is 24.5 Å². The summed E-state index contributed by atoms with van der Waals surface area (Å²) < 4.78 is 0. The Morgan fingerprint density at radius 2 is 1.46 bits per heavy atom. The lowest BCUT2D eigenvalue weighted by molar-refractivity contribution is -0.137. The van der Waals surface area contributed by atoms with E-state index in [0.29, 0.717) is 24.7 Å². The average molecular weight is 537 g/mol. The molecule has 0 saturated carbocycles. The number of aromatic nitrogens is 2. The summed E-state index contributed by atoms with van der Waals surface area (Å²) in [4.78, 5) is 37.2. The van der Waals surface area contributed by atoms with Crippen LogP contribution in [0.25, 0.3) is 21.8 Å². The number of anilines is 1. The first-order chi connectivity index (χ1) is 19.0. The van der Waals surface area contributed by atoms with E-state index in [4.69, 9.17) is 11.6 Å². The summed E-state index contributed by atoms with van der Waals surface area (Å²) in [5.74, 6) is -0.302. The molecule has 0 bridgehead atoms.